The van der Waals surface area contributed by atoms with Crippen molar-refractivity contribution in [1.29, 1.82) is 0 Å². The smallest absolute Gasteiger partial charge is 0.252 e. The van der Waals surface area contributed by atoms with Crippen LogP contribution in [-0.2, 0) is 0 Å². The maximum atomic E-state index is 13.3. The van der Waals surface area contributed by atoms with Gasteiger partial charge in [0.25, 0.3) is 5.91 Å². The molecule has 19 heavy (non-hydrogen) atoms. The fourth-order valence-electron chi connectivity index (χ4n) is 1.52. The highest BCUT2D eigenvalue weighted by molar-refractivity contribution is 5.95. The lowest BCUT2D eigenvalue weighted by Gasteiger charge is -2.11. The van der Waals surface area contributed by atoms with Gasteiger partial charge in [0.15, 0.2) is 11.6 Å². The Morgan fingerprint density at radius 1 is 1.11 bits per heavy atom. The zero-order chi connectivity index (χ0) is 14.0. The molecule has 0 aliphatic rings. The molecule has 2 aromatic carbocycles. The molecule has 0 spiro atoms. The van der Waals surface area contributed by atoms with Gasteiger partial charge in [0.2, 0.25) is 0 Å². The van der Waals surface area contributed by atoms with Gasteiger partial charge in [-0.05, 0) is 12.1 Å². The number of para-hydroxylation sites is 1. The van der Waals surface area contributed by atoms with E-state index < -0.39 is 17.5 Å². The molecule has 2 rings (SSSR count). The van der Waals surface area contributed by atoms with Crippen LogP contribution in [0.15, 0.2) is 36.4 Å². The van der Waals surface area contributed by atoms with Crippen molar-refractivity contribution in [3.63, 3.8) is 0 Å². The van der Waals surface area contributed by atoms with Gasteiger partial charge in [-0.3, -0.25) is 4.79 Å². The molecule has 0 aliphatic heterocycles. The number of nitrogens with two attached hydrogens (primary N) is 2. The summed E-state index contributed by atoms with van der Waals surface area (Å²) in [5.41, 5.74) is 10.4. The van der Waals surface area contributed by atoms with E-state index in [2.05, 4.69) is 0 Å². The second-order valence-electron chi connectivity index (χ2n) is 3.76. The third-order valence-corrected chi connectivity index (χ3v) is 2.43. The van der Waals surface area contributed by atoms with Gasteiger partial charge in [-0.1, -0.05) is 12.1 Å². The summed E-state index contributed by atoms with van der Waals surface area (Å²) in [7, 11) is 0. The van der Waals surface area contributed by atoms with Crippen LogP contribution < -0.4 is 16.2 Å². The second kappa shape index (κ2) is 4.93. The molecule has 0 unspecified atom stereocenters. The van der Waals surface area contributed by atoms with Crippen molar-refractivity contribution in [2.75, 3.05) is 5.73 Å². The maximum absolute atomic E-state index is 13.3. The molecule has 0 atom stereocenters. The standard InChI is InChI=1S/C13H10F2N2O2/c14-7-5-9(15)12(16)11(6-7)19-10-4-2-1-3-8(10)13(17)18/h1-6H,16H2,(H2,17,18). The Morgan fingerprint density at radius 3 is 2.47 bits per heavy atom. The summed E-state index contributed by atoms with van der Waals surface area (Å²) in [5.74, 6) is -2.63. The number of amides is 1. The first-order valence-electron chi connectivity index (χ1n) is 5.30. The topological polar surface area (TPSA) is 78.3 Å². The highest BCUT2D eigenvalue weighted by Gasteiger charge is 2.14. The number of primary amides is 1. The Bertz CT molecular complexity index is 645. The zero-order valence-electron chi connectivity index (χ0n) is 9.69. The number of hydrogen-bond donors (Lipinski definition) is 2. The first-order valence-corrected chi connectivity index (χ1v) is 5.30. The largest absolute Gasteiger partial charge is 0.454 e. The summed E-state index contributed by atoms with van der Waals surface area (Å²) in [5, 5.41) is 0. The molecule has 0 bridgehead atoms. The van der Waals surface area contributed by atoms with E-state index in [4.69, 9.17) is 16.2 Å². The van der Waals surface area contributed by atoms with Gasteiger partial charge in [0, 0.05) is 12.1 Å². The van der Waals surface area contributed by atoms with Crippen LogP contribution in [0.5, 0.6) is 11.5 Å². The molecule has 4 nitrogen and oxygen atoms in total. The van der Waals surface area contributed by atoms with Crippen molar-refractivity contribution in [3.8, 4) is 11.5 Å². The van der Waals surface area contributed by atoms with E-state index in [1.165, 1.54) is 12.1 Å². The van der Waals surface area contributed by atoms with Gasteiger partial charge < -0.3 is 16.2 Å². The van der Waals surface area contributed by atoms with Gasteiger partial charge in [0.1, 0.15) is 17.3 Å². The van der Waals surface area contributed by atoms with Crippen molar-refractivity contribution in [2.45, 2.75) is 0 Å². The number of carbonyl (C=O) groups excluding carboxylic acids is 1. The van der Waals surface area contributed by atoms with Crippen LogP contribution in [0.1, 0.15) is 10.4 Å². The molecule has 98 valence electrons. The molecular weight excluding hydrogens is 254 g/mol. The summed E-state index contributed by atoms with van der Waals surface area (Å²) in [4.78, 5) is 11.2. The number of hydrogen-bond acceptors (Lipinski definition) is 3. The molecule has 0 heterocycles. The molecule has 6 heteroatoms. The fraction of sp³-hybridized carbons (Fsp3) is 0. The lowest BCUT2D eigenvalue weighted by molar-refractivity contribution is 0.0998. The molecule has 4 N–H and O–H groups in total. The van der Waals surface area contributed by atoms with Crippen molar-refractivity contribution in [2.24, 2.45) is 5.73 Å². The molecule has 0 saturated carbocycles. The molecule has 0 aromatic heterocycles. The van der Waals surface area contributed by atoms with Crippen molar-refractivity contribution < 1.29 is 18.3 Å². The molecule has 2 aromatic rings. The fourth-order valence-corrected chi connectivity index (χ4v) is 1.52. The first kappa shape index (κ1) is 12.8. The van der Waals surface area contributed by atoms with Gasteiger partial charge in [-0.2, -0.15) is 0 Å². The van der Waals surface area contributed by atoms with E-state index in [-0.39, 0.29) is 22.7 Å². The number of rotatable bonds is 3. The highest BCUT2D eigenvalue weighted by Crippen LogP contribution is 2.32. The number of halogens is 2. The van der Waals surface area contributed by atoms with E-state index >= 15 is 0 Å². The molecule has 0 fully saturated rings. The minimum Gasteiger partial charge on any atom is -0.454 e. The zero-order valence-corrected chi connectivity index (χ0v) is 9.69. The van der Waals surface area contributed by atoms with Crippen molar-refractivity contribution in [3.05, 3.63) is 53.6 Å². The summed E-state index contributed by atoms with van der Waals surface area (Å²) < 4.78 is 31.6. The normalized spacial score (nSPS) is 10.2. The number of carbonyl (C=O) groups is 1. The Morgan fingerprint density at radius 2 is 1.79 bits per heavy atom. The first-order chi connectivity index (χ1) is 8.99. The third-order valence-electron chi connectivity index (χ3n) is 2.43. The van der Waals surface area contributed by atoms with E-state index in [9.17, 15) is 13.6 Å². The predicted molar refractivity (Wildman–Crippen MR) is 65.8 cm³/mol. The number of ether oxygens (including phenoxy) is 1. The van der Waals surface area contributed by atoms with Crippen LogP contribution >= 0.6 is 0 Å². The summed E-state index contributed by atoms with van der Waals surface area (Å²) in [6.45, 7) is 0. The van der Waals surface area contributed by atoms with Crippen LogP contribution in [0, 0.1) is 11.6 Å². The lowest BCUT2D eigenvalue weighted by atomic mass is 10.2. The molecule has 1 amide bonds. The predicted octanol–water partition coefficient (Wildman–Crippen LogP) is 2.44. The SMILES string of the molecule is NC(=O)c1ccccc1Oc1cc(F)cc(F)c1N. The van der Waals surface area contributed by atoms with E-state index in [0.29, 0.717) is 6.07 Å². The van der Waals surface area contributed by atoms with E-state index in [1.807, 2.05) is 0 Å². The molecule has 0 radical (unpaired) electrons. The maximum Gasteiger partial charge on any atom is 0.252 e. The summed E-state index contributed by atoms with van der Waals surface area (Å²) in [6.07, 6.45) is 0. The average Bonchev–Trinajstić information content (AvgIpc) is 2.35. The van der Waals surface area contributed by atoms with Crippen molar-refractivity contribution in [1.82, 2.24) is 0 Å². The summed E-state index contributed by atoms with van der Waals surface area (Å²) in [6, 6.07) is 7.63. The summed E-state index contributed by atoms with van der Waals surface area (Å²) >= 11 is 0. The minimum atomic E-state index is -0.938. The van der Waals surface area contributed by atoms with Gasteiger partial charge in [0.05, 0.1) is 5.56 Å². The van der Waals surface area contributed by atoms with Crippen LogP contribution in [0.4, 0.5) is 14.5 Å². The van der Waals surface area contributed by atoms with Gasteiger partial charge in [-0.15, -0.1) is 0 Å². The van der Waals surface area contributed by atoms with Gasteiger partial charge in [-0.25, -0.2) is 8.78 Å². The molecule has 0 saturated heterocycles. The third kappa shape index (κ3) is 2.62. The Hall–Kier alpha value is -2.63. The highest BCUT2D eigenvalue weighted by atomic mass is 19.1. The molecular formula is C13H10F2N2O2. The lowest BCUT2D eigenvalue weighted by Crippen LogP contribution is -2.12. The minimum absolute atomic E-state index is 0.0756. The Kier molecular flexibility index (Phi) is 3.33. The second-order valence-corrected chi connectivity index (χ2v) is 3.76. The number of anilines is 1. The Labute approximate surface area is 107 Å². The van der Waals surface area contributed by atoms with Crippen LogP contribution in [0.3, 0.4) is 0 Å². The average molecular weight is 264 g/mol. The van der Waals surface area contributed by atoms with E-state index in [1.54, 1.807) is 12.1 Å². The quantitative estimate of drug-likeness (QED) is 0.836. The van der Waals surface area contributed by atoms with E-state index in [0.717, 1.165) is 6.07 Å². The number of benzene rings is 2. The Balaban J connectivity index is 2.45. The van der Waals surface area contributed by atoms with Gasteiger partial charge >= 0.3 is 0 Å². The van der Waals surface area contributed by atoms with Crippen molar-refractivity contribution >= 4 is 11.6 Å². The van der Waals surface area contributed by atoms with Crippen LogP contribution in [-0.4, -0.2) is 5.91 Å². The molecule has 0 aliphatic carbocycles. The monoisotopic (exact) mass is 264 g/mol. The van der Waals surface area contributed by atoms with Crippen LogP contribution in [0.2, 0.25) is 0 Å². The number of nitrogen functional groups attached to an aromatic ring is 1. The van der Waals surface area contributed by atoms with Crippen LogP contribution in [0.25, 0.3) is 0 Å².